The van der Waals surface area contributed by atoms with Crippen LogP contribution in [0.4, 0.5) is 4.79 Å². The number of methoxy groups -OCH3 is 2. The number of nitrogens with one attached hydrogen (secondary N) is 1. The standard InChI is InChI=1S/C25H33N3O4S.ClH/c1-31-20-7-5-19(6-8-20)18-28-16-12-25(23(28)29)10-14-27(15-11-25)13-9-21(26-24(30)32-2)22-4-3-17-33-22;/h3-8,17,21H,9-16,18H2,1-2H3,(H,26,30);1H. The fourth-order valence-electron chi connectivity index (χ4n) is 4.95. The fourth-order valence-corrected chi connectivity index (χ4v) is 5.76. The number of hydrogen-bond donors (Lipinski definition) is 1. The van der Waals surface area contributed by atoms with Gasteiger partial charge in [0.1, 0.15) is 5.75 Å². The first kappa shape index (κ1) is 26.3. The van der Waals surface area contributed by atoms with E-state index in [1.54, 1.807) is 18.4 Å². The minimum absolute atomic E-state index is 0. The average Bonchev–Trinajstić information content (AvgIpc) is 3.48. The van der Waals surface area contributed by atoms with Crippen LogP contribution in [0, 0.1) is 5.41 Å². The van der Waals surface area contributed by atoms with Crippen LogP contribution in [0.2, 0.25) is 0 Å². The number of carbonyl (C=O) groups excluding carboxylic acids is 2. The Balaban J connectivity index is 0.00000324. The number of likely N-dealkylation sites (tertiary alicyclic amines) is 2. The lowest BCUT2D eigenvalue weighted by molar-refractivity contribution is -0.138. The quantitative estimate of drug-likeness (QED) is 0.570. The largest absolute Gasteiger partial charge is 0.497 e. The van der Waals surface area contributed by atoms with Gasteiger partial charge in [-0.1, -0.05) is 18.2 Å². The molecule has 2 fully saturated rings. The molecule has 1 aromatic heterocycles. The van der Waals surface area contributed by atoms with E-state index in [-0.39, 0.29) is 23.9 Å². The summed E-state index contributed by atoms with van der Waals surface area (Å²) in [6, 6.07) is 12.0. The molecule has 186 valence electrons. The van der Waals surface area contributed by atoms with Gasteiger partial charge < -0.3 is 24.6 Å². The van der Waals surface area contributed by atoms with E-state index in [2.05, 4.69) is 10.2 Å². The number of alkyl carbamates (subject to hydrolysis) is 1. The molecule has 4 rings (SSSR count). The highest BCUT2D eigenvalue weighted by molar-refractivity contribution is 7.10. The molecule has 0 bridgehead atoms. The van der Waals surface area contributed by atoms with Crippen molar-refractivity contribution in [1.29, 1.82) is 0 Å². The van der Waals surface area contributed by atoms with Crippen molar-refractivity contribution < 1.29 is 19.1 Å². The average molecular weight is 508 g/mol. The van der Waals surface area contributed by atoms with Crippen LogP contribution in [0.5, 0.6) is 5.75 Å². The van der Waals surface area contributed by atoms with E-state index in [9.17, 15) is 9.59 Å². The van der Waals surface area contributed by atoms with Gasteiger partial charge in [0.15, 0.2) is 0 Å². The van der Waals surface area contributed by atoms with Crippen LogP contribution < -0.4 is 10.1 Å². The van der Waals surface area contributed by atoms with E-state index in [0.29, 0.717) is 12.5 Å². The summed E-state index contributed by atoms with van der Waals surface area (Å²) in [6.45, 7) is 4.20. The van der Waals surface area contributed by atoms with Crippen LogP contribution in [0.1, 0.15) is 42.2 Å². The summed E-state index contributed by atoms with van der Waals surface area (Å²) < 4.78 is 10.0. The third-order valence-corrected chi connectivity index (χ3v) is 8.03. The molecule has 2 amide bonds. The zero-order chi connectivity index (χ0) is 23.3. The van der Waals surface area contributed by atoms with Crippen LogP contribution in [0.25, 0.3) is 0 Å². The van der Waals surface area contributed by atoms with Crippen molar-refractivity contribution in [1.82, 2.24) is 15.1 Å². The lowest BCUT2D eigenvalue weighted by Gasteiger charge is -2.38. The fraction of sp³-hybridized carbons (Fsp3) is 0.520. The van der Waals surface area contributed by atoms with Crippen LogP contribution in [-0.4, -0.2) is 62.2 Å². The maximum absolute atomic E-state index is 13.3. The molecular weight excluding hydrogens is 474 g/mol. The summed E-state index contributed by atoms with van der Waals surface area (Å²) in [4.78, 5) is 30.7. The highest BCUT2D eigenvalue weighted by Gasteiger charge is 2.47. The van der Waals surface area contributed by atoms with Crippen LogP contribution in [-0.2, 0) is 16.1 Å². The van der Waals surface area contributed by atoms with Gasteiger partial charge in [0.25, 0.3) is 0 Å². The van der Waals surface area contributed by atoms with Crippen LogP contribution in [0.15, 0.2) is 41.8 Å². The number of amides is 2. The molecule has 1 atom stereocenters. The Morgan fingerprint density at radius 3 is 2.44 bits per heavy atom. The number of nitrogens with zero attached hydrogens (tertiary/aromatic N) is 2. The Hall–Kier alpha value is -2.29. The smallest absolute Gasteiger partial charge is 0.407 e. The maximum atomic E-state index is 13.3. The molecule has 1 unspecified atom stereocenters. The SMILES string of the molecule is COC(=O)NC(CCN1CCC2(CC1)CCN(Cc1ccc(OC)cc1)C2=O)c1cccs1.Cl. The number of carbonyl (C=O) groups is 2. The lowest BCUT2D eigenvalue weighted by Crippen LogP contribution is -2.45. The maximum Gasteiger partial charge on any atom is 0.407 e. The zero-order valence-corrected chi connectivity index (χ0v) is 21.5. The van der Waals surface area contributed by atoms with E-state index in [0.717, 1.165) is 68.1 Å². The number of benzene rings is 1. The van der Waals surface area contributed by atoms with Gasteiger partial charge in [-0.25, -0.2) is 4.79 Å². The first-order chi connectivity index (χ1) is 16.0. The molecule has 2 aliphatic heterocycles. The van der Waals surface area contributed by atoms with E-state index >= 15 is 0 Å². The van der Waals surface area contributed by atoms with Gasteiger partial charge in [-0.3, -0.25) is 4.79 Å². The molecule has 1 N–H and O–H groups in total. The Bertz CT molecular complexity index is 930. The molecule has 2 saturated heterocycles. The Morgan fingerprint density at radius 2 is 1.82 bits per heavy atom. The molecule has 0 saturated carbocycles. The highest BCUT2D eigenvalue weighted by Crippen LogP contribution is 2.42. The first-order valence-corrected chi connectivity index (χ1v) is 12.4. The third-order valence-electron chi connectivity index (χ3n) is 7.04. The minimum atomic E-state index is -0.403. The topological polar surface area (TPSA) is 71.1 Å². The predicted octanol–water partition coefficient (Wildman–Crippen LogP) is 4.48. The number of thiophene rings is 1. The van der Waals surface area contributed by atoms with Crippen molar-refractivity contribution in [2.75, 3.05) is 40.4 Å². The van der Waals surface area contributed by atoms with Gasteiger partial charge >= 0.3 is 6.09 Å². The van der Waals surface area contributed by atoms with Gasteiger partial charge in [-0.15, -0.1) is 23.7 Å². The number of ether oxygens (including phenoxy) is 2. The van der Waals surface area contributed by atoms with Crippen molar-refractivity contribution in [2.45, 2.75) is 38.3 Å². The second-order valence-electron chi connectivity index (χ2n) is 8.94. The van der Waals surface area contributed by atoms with Crippen molar-refractivity contribution >= 4 is 35.7 Å². The number of piperidine rings is 1. The Morgan fingerprint density at radius 1 is 1.12 bits per heavy atom. The molecule has 0 aliphatic carbocycles. The van der Waals surface area contributed by atoms with E-state index in [1.165, 1.54) is 7.11 Å². The van der Waals surface area contributed by atoms with Crippen molar-refractivity contribution in [3.8, 4) is 5.75 Å². The number of halogens is 1. The van der Waals surface area contributed by atoms with Gasteiger partial charge in [0.2, 0.25) is 5.91 Å². The first-order valence-electron chi connectivity index (χ1n) is 11.6. The molecule has 2 aromatic rings. The molecule has 34 heavy (non-hydrogen) atoms. The molecule has 7 nitrogen and oxygen atoms in total. The van der Waals surface area contributed by atoms with Crippen LogP contribution in [0.3, 0.4) is 0 Å². The van der Waals surface area contributed by atoms with Crippen LogP contribution >= 0.6 is 23.7 Å². The Labute approximate surface area is 211 Å². The summed E-state index contributed by atoms with van der Waals surface area (Å²) in [6.07, 6.45) is 3.16. The highest BCUT2D eigenvalue weighted by atomic mass is 35.5. The van der Waals surface area contributed by atoms with Crippen molar-refractivity contribution in [3.05, 3.63) is 52.2 Å². The van der Waals surface area contributed by atoms with E-state index < -0.39 is 6.09 Å². The zero-order valence-electron chi connectivity index (χ0n) is 19.8. The molecule has 1 aromatic carbocycles. The summed E-state index contributed by atoms with van der Waals surface area (Å²) >= 11 is 1.64. The van der Waals surface area contributed by atoms with E-state index in [4.69, 9.17) is 9.47 Å². The predicted molar refractivity (Wildman–Crippen MR) is 136 cm³/mol. The van der Waals surface area contributed by atoms with Gasteiger partial charge in [-0.2, -0.15) is 0 Å². The molecular formula is C25H34ClN3O4S. The second kappa shape index (κ2) is 11.9. The summed E-state index contributed by atoms with van der Waals surface area (Å²) in [5.41, 5.74) is 0.928. The van der Waals surface area contributed by atoms with Crippen molar-refractivity contribution in [3.63, 3.8) is 0 Å². The second-order valence-corrected chi connectivity index (χ2v) is 9.92. The monoisotopic (exact) mass is 507 g/mol. The normalized spacial score (nSPS) is 18.4. The minimum Gasteiger partial charge on any atom is -0.497 e. The summed E-state index contributed by atoms with van der Waals surface area (Å²) in [7, 11) is 3.05. The molecule has 1 spiro atoms. The summed E-state index contributed by atoms with van der Waals surface area (Å²) in [5.74, 6) is 1.14. The molecule has 3 heterocycles. The van der Waals surface area contributed by atoms with Gasteiger partial charge in [-0.05, 0) is 67.9 Å². The van der Waals surface area contributed by atoms with Gasteiger partial charge in [0.05, 0.1) is 25.7 Å². The third kappa shape index (κ3) is 6.03. The Kier molecular flexibility index (Phi) is 9.22. The number of hydrogen-bond acceptors (Lipinski definition) is 6. The lowest BCUT2D eigenvalue weighted by atomic mass is 9.77. The van der Waals surface area contributed by atoms with Gasteiger partial charge in [0, 0.05) is 24.5 Å². The summed E-state index contributed by atoms with van der Waals surface area (Å²) in [5, 5.41) is 4.98. The van der Waals surface area contributed by atoms with Crippen molar-refractivity contribution in [2.24, 2.45) is 5.41 Å². The van der Waals surface area contributed by atoms with E-state index in [1.807, 2.05) is 46.7 Å². The molecule has 2 aliphatic rings. The number of rotatable bonds is 8. The molecule has 9 heteroatoms. The molecule has 0 radical (unpaired) electrons.